The number of halogens is 1. The van der Waals surface area contributed by atoms with Gasteiger partial charge in [-0.25, -0.2) is 0 Å². The third kappa shape index (κ3) is 4.60. The number of nitrogens with two attached hydrogens (primary N) is 1. The third-order valence-corrected chi connectivity index (χ3v) is 2.88. The Bertz CT molecular complexity index is 295. The van der Waals surface area contributed by atoms with Crippen molar-refractivity contribution in [2.24, 2.45) is 5.84 Å². The minimum Gasteiger partial charge on any atom is -0.271 e. The summed E-state index contributed by atoms with van der Waals surface area (Å²) >= 11 is 3.42. The maximum Gasteiger partial charge on any atom is 0.0253 e. The van der Waals surface area contributed by atoms with Gasteiger partial charge in [-0.1, -0.05) is 34.1 Å². The van der Waals surface area contributed by atoms with E-state index in [1.54, 1.807) is 0 Å². The van der Waals surface area contributed by atoms with Crippen LogP contribution in [0.3, 0.4) is 0 Å². The van der Waals surface area contributed by atoms with E-state index in [0.717, 1.165) is 23.7 Å². The van der Waals surface area contributed by atoms with Gasteiger partial charge in [-0.05, 0) is 37.0 Å². The zero-order chi connectivity index (χ0) is 11.1. The molecule has 0 fully saturated rings. The van der Waals surface area contributed by atoms with Crippen molar-refractivity contribution in [1.82, 2.24) is 5.43 Å². The molecule has 0 aliphatic rings. The van der Waals surface area contributed by atoms with Gasteiger partial charge >= 0.3 is 0 Å². The highest BCUT2D eigenvalue weighted by atomic mass is 79.9. The van der Waals surface area contributed by atoms with Crippen LogP contribution in [0.25, 0.3) is 0 Å². The summed E-state index contributed by atoms with van der Waals surface area (Å²) in [6.07, 6.45) is 4.89. The molecule has 1 rings (SSSR count). The summed E-state index contributed by atoms with van der Waals surface area (Å²) in [5.41, 5.74) is 4.14. The van der Waals surface area contributed by atoms with Crippen molar-refractivity contribution in [3.8, 4) is 0 Å². The zero-order valence-corrected chi connectivity index (χ0v) is 10.3. The Balaban J connectivity index is 2.50. The van der Waals surface area contributed by atoms with E-state index in [1.807, 2.05) is 6.08 Å². The molecule has 1 unspecified atom stereocenters. The Morgan fingerprint density at radius 3 is 2.60 bits per heavy atom. The smallest absolute Gasteiger partial charge is 0.0253 e. The Hall–Kier alpha value is -0.640. The second-order valence-corrected chi connectivity index (χ2v) is 4.48. The van der Waals surface area contributed by atoms with Gasteiger partial charge in [-0.2, -0.15) is 0 Å². The van der Waals surface area contributed by atoms with Crippen LogP contribution in [0.4, 0.5) is 0 Å². The quantitative estimate of drug-likeness (QED) is 0.473. The number of hydrogen-bond acceptors (Lipinski definition) is 2. The first-order valence-electron chi connectivity index (χ1n) is 5.07. The average Bonchev–Trinajstić information content (AvgIpc) is 2.27. The highest BCUT2D eigenvalue weighted by molar-refractivity contribution is 9.10. The summed E-state index contributed by atoms with van der Waals surface area (Å²) in [4.78, 5) is 0. The van der Waals surface area contributed by atoms with Crippen LogP contribution < -0.4 is 11.3 Å². The zero-order valence-electron chi connectivity index (χ0n) is 8.75. The van der Waals surface area contributed by atoms with E-state index < -0.39 is 0 Å². The van der Waals surface area contributed by atoms with Gasteiger partial charge in [-0.3, -0.25) is 11.3 Å². The molecule has 15 heavy (non-hydrogen) atoms. The molecule has 0 saturated carbocycles. The van der Waals surface area contributed by atoms with Crippen molar-refractivity contribution < 1.29 is 0 Å². The van der Waals surface area contributed by atoms with Crippen molar-refractivity contribution in [2.75, 3.05) is 0 Å². The predicted molar refractivity (Wildman–Crippen MR) is 68.4 cm³/mol. The Morgan fingerprint density at radius 1 is 1.40 bits per heavy atom. The second-order valence-electron chi connectivity index (χ2n) is 3.56. The maximum absolute atomic E-state index is 5.50. The largest absolute Gasteiger partial charge is 0.271 e. The molecule has 0 aliphatic heterocycles. The van der Waals surface area contributed by atoms with Gasteiger partial charge < -0.3 is 0 Å². The molecule has 1 aromatic rings. The molecule has 1 atom stereocenters. The van der Waals surface area contributed by atoms with Crippen LogP contribution in [0.15, 0.2) is 41.4 Å². The molecule has 1 aromatic carbocycles. The lowest BCUT2D eigenvalue weighted by Crippen LogP contribution is -2.36. The van der Waals surface area contributed by atoms with Gasteiger partial charge in [0.15, 0.2) is 0 Å². The van der Waals surface area contributed by atoms with Crippen LogP contribution in [-0.4, -0.2) is 6.04 Å². The van der Waals surface area contributed by atoms with E-state index in [0.29, 0.717) is 6.04 Å². The van der Waals surface area contributed by atoms with E-state index in [9.17, 15) is 0 Å². The summed E-state index contributed by atoms with van der Waals surface area (Å²) in [7, 11) is 0. The normalized spacial score (nSPS) is 12.4. The second kappa shape index (κ2) is 6.77. The number of rotatable bonds is 6. The fraction of sp³-hybridized carbons (Fsp3) is 0.333. The first kappa shape index (κ1) is 12.4. The molecule has 0 aromatic heterocycles. The van der Waals surface area contributed by atoms with E-state index >= 15 is 0 Å². The molecule has 0 amide bonds. The highest BCUT2D eigenvalue weighted by Crippen LogP contribution is 2.13. The Kier molecular flexibility index (Phi) is 5.61. The van der Waals surface area contributed by atoms with Crippen LogP contribution in [0.5, 0.6) is 0 Å². The molecule has 82 valence electrons. The Morgan fingerprint density at radius 2 is 2.07 bits per heavy atom. The predicted octanol–water partition coefficient (Wildman–Crippen LogP) is 2.79. The maximum atomic E-state index is 5.50. The van der Waals surface area contributed by atoms with Crippen molar-refractivity contribution in [3.63, 3.8) is 0 Å². The van der Waals surface area contributed by atoms with Crippen LogP contribution in [0.2, 0.25) is 0 Å². The van der Waals surface area contributed by atoms with Gasteiger partial charge in [0.25, 0.3) is 0 Å². The van der Waals surface area contributed by atoms with Gasteiger partial charge in [0.05, 0.1) is 0 Å². The third-order valence-electron chi connectivity index (χ3n) is 2.35. The molecule has 2 nitrogen and oxygen atoms in total. The molecule has 0 saturated heterocycles. The minimum atomic E-state index is 0.323. The van der Waals surface area contributed by atoms with E-state index in [-0.39, 0.29) is 0 Å². The molecular formula is C12H17BrN2. The summed E-state index contributed by atoms with van der Waals surface area (Å²) in [6.45, 7) is 3.71. The molecule has 0 spiro atoms. The van der Waals surface area contributed by atoms with Crippen molar-refractivity contribution in [2.45, 2.75) is 25.3 Å². The molecular weight excluding hydrogens is 252 g/mol. The molecule has 0 heterocycles. The van der Waals surface area contributed by atoms with Crippen LogP contribution >= 0.6 is 15.9 Å². The summed E-state index contributed by atoms with van der Waals surface area (Å²) < 4.78 is 1.11. The van der Waals surface area contributed by atoms with Crippen LogP contribution in [0, 0.1) is 0 Å². The number of allylic oxidation sites excluding steroid dienone is 1. The highest BCUT2D eigenvalue weighted by Gasteiger charge is 2.06. The Labute approximate surface area is 99.7 Å². The summed E-state index contributed by atoms with van der Waals surface area (Å²) in [6, 6.07) is 8.65. The average molecular weight is 269 g/mol. The summed E-state index contributed by atoms with van der Waals surface area (Å²) in [5, 5.41) is 0. The molecule has 0 bridgehead atoms. The van der Waals surface area contributed by atoms with E-state index in [4.69, 9.17) is 5.84 Å². The van der Waals surface area contributed by atoms with Gasteiger partial charge in [0.1, 0.15) is 0 Å². The van der Waals surface area contributed by atoms with Crippen molar-refractivity contribution in [1.29, 1.82) is 0 Å². The van der Waals surface area contributed by atoms with E-state index in [1.165, 1.54) is 5.56 Å². The standard InChI is InChI=1S/C12H17BrN2/c1-2-3-4-12(15-14)9-10-5-7-11(13)8-6-10/h2,5-8,12,15H,1,3-4,9,14H2. The van der Waals surface area contributed by atoms with Crippen LogP contribution in [0.1, 0.15) is 18.4 Å². The number of hydrazine groups is 1. The minimum absolute atomic E-state index is 0.323. The van der Waals surface area contributed by atoms with Gasteiger partial charge in [0.2, 0.25) is 0 Å². The monoisotopic (exact) mass is 268 g/mol. The lowest BCUT2D eigenvalue weighted by Gasteiger charge is -2.14. The fourth-order valence-electron chi connectivity index (χ4n) is 1.47. The fourth-order valence-corrected chi connectivity index (χ4v) is 1.73. The lowest BCUT2D eigenvalue weighted by molar-refractivity contribution is 0.495. The van der Waals surface area contributed by atoms with Gasteiger partial charge in [-0.15, -0.1) is 6.58 Å². The van der Waals surface area contributed by atoms with Gasteiger partial charge in [0, 0.05) is 10.5 Å². The first-order valence-corrected chi connectivity index (χ1v) is 5.87. The topological polar surface area (TPSA) is 38.0 Å². The molecule has 0 radical (unpaired) electrons. The summed E-state index contributed by atoms with van der Waals surface area (Å²) in [5.74, 6) is 5.50. The van der Waals surface area contributed by atoms with Crippen molar-refractivity contribution >= 4 is 15.9 Å². The SMILES string of the molecule is C=CCCC(Cc1ccc(Br)cc1)NN. The van der Waals surface area contributed by atoms with E-state index in [2.05, 4.69) is 52.2 Å². The number of benzene rings is 1. The lowest BCUT2D eigenvalue weighted by atomic mass is 10.0. The number of nitrogens with one attached hydrogen (secondary N) is 1. The molecule has 3 heteroatoms. The molecule has 3 N–H and O–H groups in total. The number of hydrogen-bond donors (Lipinski definition) is 2. The molecule has 0 aliphatic carbocycles. The first-order chi connectivity index (χ1) is 7.26. The van der Waals surface area contributed by atoms with Crippen LogP contribution in [-0.2, 0) is 6.42 Å². The van der Waals surface area contributed by atoms with Crippen molar-refractivity contribution in [3.05, 3.63) is 47.0 Å².